The standard InChI is InChI=1S/C11H11F3O/c12-8-5-10(14)9(13)4-7(8)11(6-15)2-1-3-11/h4-5,15H,1-3,6H2. The van der Waals surface area contributed by atoms with Gasteiger partial charge in [0.15, 0.2) is 11.6 Å². The summed E-state index contributed by atoms with van der Waals surface area (Å²) in [5.41, 5.74) is -0.603. The third-order valence-corrected chi connectivity index (χ3v) is 3.19. The number of benzene rings is 1. The van der Waals surface area contributed by atoms with Crippen LogP contribution in [0.5, 0.6) is 0 Å². The summed E-state index contributed by atoms with van der Waals surface area (Å²) in [6.07, 6.45) is 2.11. The van der Waals surface area contributed by atoms with E-state index in [0.29, 0.717) is 18.9 Å². The van der Waals surface area contributed by atoms with Gasteiger partial charge in [-0.25, -0.2) is 13.2 Å². The number of hydrogen-bond acceptors (Lipinski definition) is 1. The predicted molar refractivity (Wildman–Crippen MR) is 48.9 cm³/mol. The van der Waals surface area contributed by atoms with E-state index >= 15 is 0 Å². The molecule has 82 valence electrons. The van der Waals surface area contributed by atoms with Gasteiger partial charge in [0.1, 0.15) is 5.82 Å². The van der Waals surface area contributed by atoms with Crippen LogP contribution in [0.3, 0.4) is 0 Å². The first kappa shape index (κ1) is 10.5. The molecule has 1 N–H and O–H groups in total. The topological polar surface area (TPSA) is 20.2 Å². The van der Waals surface area contributed by atoms with Crippen LogP contribution in [0.2, 0.25) is 0 Å². The molecule has 1 aliphatic rings. The second-order valence-corrected chi connectivity index (χ2v) is 4.04. The van der Waals surface area contributed by atoms with Crippen LogP contribution in [0.4, 0.5) is 13.2 Å². The predicted octanol–water partition coefficient (Wildman–Crippen LogP) is 2.52. The zero-order valence-corrected chi connectivity index (χ0v) is 8.06. The largest absolute Gasteiger partial charge is 0.395 e. The van der Waals surface area contributed by atoms with Crippen molar-refractivity contribution in [3.05, 3.63) is 35.1 Å². The Morgan fingerprint density at radius 2 is 1.67 bits per heavy atom. The van der Waals surface area contributed by atoms with Crippen molar-refractivity contribution in [1.82, 2.24) is 0 Å². The Morgan fingerprint density at radius 3 is 2.13 bits per heavy atom. The van der Waals surface area contributed by atoms with Crippen LogP contribution < -0.4 is 0 Å². The van der Waals surface area contributed by atoms with E-state index in [9.17, 15) is 18.3 Å². The molecule has 0 aromatic heterocycles. The van der Waals surface area contributed by atoms with Crippen molar-refractivity contribution in [2.75, 3.05) is 6.61 Å². The smallest absolute Gasteiger partial charge is 0.161 e. The summed E-state index contributed by atoms with van der Waals surface area (Å²) in [7, 11) is 0. The first-order valence-electron chi connectivity index (χ1n) is 4.85. The third-order valence-electron chi connectivity index (χ3n) is 3.19. The molecule has 0 aliphatic heterocycles. The van der Waals surface area contributed by atoms with Crippen LogP contribution in [0, 0.1) is 17.5 Å². The Kier molecular flexibility index (Phi) is 2.46. The lowest BCUT2D eigenvalue weighted by Crippen LogP contribution is -2.39. The van der Waals surface area contributed by atoms with Crippen molar-refractivity contribution in [1.29, 1.82) is 0 Å². The summed E-state index contributed by atoms with van der Waals surface area (Å²) >= 11 is 0. The summed E-state index contributed by atoms with van der Waals surface area (Å²) < 4.78 is 39.1. The Hall–Kier alpha value is -1.03. The molecular weight excluding hydrogens is 205 g/mol. The normalized spacial score (nSPS) is 18.7. The highest BCUT2D eigenvalue weighted by Crippen LogP contribution is 2.44. The molecule has 0 bridgehead atoms. The van der Waals surface area contributed by atoms with Gasteiger partial charge in [-0.15, -0.1) is 0 Å². The minimum absolute atomic E-state index is 0.0927. The van der Waals surface area contributed by atoms with Crippen molar-refractivity contribution >= 4 is 0 Å². The first-order valence-corrected chi connectivity index (χ1v) is 4.85. The quantitative estimate of drug-likeness (QED) is 0.753. The number of aliphatic hydroxyl groups is 1. The fourth-order valence-electron chi connectivity index (χ4n) is 2.05. The van der Waals surface area contributed by atoms with Gasteiger partial charge < -0.3 is 5.11 Å². The van der Waals surface area contributed by atoms with Crippen LogP contribution in [0.25, 0.3) is 0 Å². The molecule has 0 saturated heterocycles. The highest BCUT2D eigenvalue weighted by molar-refractivity contribution is 5.31. The molecule has 0 amide bonds. The molecule has 1 saturated carbocycles. The van der Waals surface area contributed by atoms with E-state index in [1.807, 2.05) is 0 Å². The summed E-state index contributed by atoms with van der Waals surface area (Å²) in [4.78, 5) is 0. The molecule has 4 heteroatoms. The molecule has 0 atom stereocenters. The molecule has 15 heavy (non-hydrogen) atoms. The van der Waals surface area contributed by atoms with Gasteiger partial charge in [0.2, 0.25) is 0 Å². The summed E-state index contributed by atoms with van der Waals surface area (Å²) in [6, 6.07) is 1.40. The van der Waals surface area contributed by atoms with Crippen molar-refractivity contribution in [2.45, 2.75) is 24.7 Å². The summed E-state index contributed by atoms with van der Waals surface area (Å²) in [5.74, 6) is -3.03. The lowest BCUT2D eigenvalue weighted by molar-refractivity contribution is 0.116. The number of rotatable bonds is 2. The molecule has 1 nitrogen and oxygen atoms in total. The average Bonchev–Trinajstić information content (AvgIpc) is 2.12. The van der Waals surface area contributed by atoms with Crippen molar-refractivity contribution in [3.8, 4) is 0 Å². The Morgan fingerprint density at radius 1 is 1.07 bits per heavy atom. The van der Waals surface area contributed by atoms with E-state index in [1.165, 1.54) is 0 Å². The minimum Gasteiger partial charge on any atom is -0.395 e. The maximum Gasteiger partial charge on any atom is 0.161 e. The zero-order chi connectivity index (χ0) is 11.1. The molecule has 0 unspecified atom stereocenters. The van der Waals surface area contributed by atoms with Gasteiger partial charge in [-0.2, -0.15) is 0 Å². The summed E-state index contributed by atoms with van der Waals surface area (Å²) in [5, 5.41) is 9.19. The zero-order valence-electron chi connectivity index (χ0n) is 8.06. The van der Waals surface area contributed by atoms with E-state index in [2.05, 4.69) is 0 Å². The molecule has 2 rings (SSSR count). The Labute approximate surface area is 85.5 Å². The van der Waals surface area contributed by atoms with Crippen molar-refractivity contribution in [3.63, 3.8) is 0 Å². The molecule has 0 spiro atoms. The monoisotopic (exact) mass is 216 g/mol. The van der Waals surface area contributed by atoms with Crippen LogP contribution in [0.1, 0.15) is 24.8 Å². The SMILES string of the molecule is OCC1(c2cc(F)c(F)cc2F)CCC1. The van der Waals surface area contributed by atoms with Gasteiger partial charge in [-0.1, -0.05) is 6.42 Å². The molecule has 0 heterocycles. The molecule has 1 aliphatic carbocycles. The second kappa shape index (κ2) is 3.52. The van der Waals surface area contributed by atoms with E-state index in [0.717, 1.165) is 12.5 Å². The molecular formula is C11H11F3O. The number of hydrogen-bond donors (Lipinski definition) is 1. The van der Waals surface area contributed by atoms with E-state index in [1.54, 1.807) is 0 Å². The van der Waals surface area contributed by atoms with Crippen LogP contribution in [-0.2, 0) is 5.41 Å². The van der Waals surface area contributed by atoms with E-state index in [-0.39, 0.29) is 12.2 Å². The van der Waals surface area contributed by atoms with Gasteiger partial charge in [0.05, 0.1) is 6.61 Å². The fraction of sp³-hybridized carbons (Fsp3) is 0.455. The van der Waals surface area contributed by atoms with E-state index < -0.39 is 22.9 Å². The minimum atomic E-state index is -1.19. The Balaban J connectivity index is 2.47. The maximum atomic E-state index is 13.4. The van der Waals surface area contributed by atoms with Gasteiger partial charge in [-0.05, 0) is 24.5 Å². The second-order valence-electron chi connectivity index (χ2n) is 4.04. The third kappa shape index (κ3) is 1.53. The lowest BCUT2D eigenvalue weighted by Gasteiger charge is -2.40. The van der Waals surface area contributed by atoms with Crippen molar-refractivity contribution in [2.24, 2.45) is 0 Å². The summed E-state index contributed by atoms with van der Waals surface area (Å²) in [6.45, 7) is -0.227. The van der Waals surface area contributed by atoms with Gasteiger partial charge in [-0.3, -0.25) is 0 Å². The van der Waals surface area contributed by atoms with E-state index in [4.69, 9.17) is 0 Å². The van der Waals surface area contributed by atoms with Gasteiger partial charge in [0, 0.05) is 11.5 Å². The fourth-order valence-corrected chi connectivity index (χ4v) is 2.05. The van der Waals surface area contributed by atoms with Crippen LogP contribution in [0.15, 0.2) is 12.1 Å². The maximum absolute atomic E-state index is 13.4. The Bertz CT molecular complexity index is 380. The molecule has 1 fully saturated rings. The van der Waals surface area contributed by atoms with Gasteiger partial charge >= 0.3 is 0 Å². The lowest BCUT2D eigenvalue weighted by atomic mass is 9.65. The molecule has 1 aromatic carbocycles. The van der Waals surface area contributed by atoms with Gasteiger partial charge in [0.25, 0.3) is 0 Å². The highest BCUT2D eigenvalue weighted by Gasteiger charge is 2.40. The van der Waals surface area contributed by atoms with Crippen molar-refractivity contribution < 1.29 is 18.3 Å². The average molecular weight is 216 g/mol. The molecule has 0 radical (unpaired) electrons. The first-order chi connectivity index (χ1) is 7.09. The van der Waals surface area contributed by atoms with Crippen LogP contribution in [-0.4, -0.2) is 11.7 Å². The molecule has 1 aromatic rings. The number of aliphatic hydroxyl groups excluding tert-OH is 1. The van der Waals surface area contributed by atoms with Crippen LogP contribution >= 0.6 is 0 Å². The highest BCUT2D eigenvalue weighted by atomic mass is 19.2. The number of halogens is 3.